The lowest BCUT2D eigenvalue weighted by Gasteiger charge is -2.25. The maximum atomic E-state index is 4.94. The summed E-state index contributed by atoms with van der Waals surface area (Å²) < 4.78 is 0. The Morgan fingerprint density at radius 2 is 1.88 bits per heavy atom. The van der Waals surface area contributed by atoms with Gasteiger partial charge in [0.25, 0.3) is 0 Å². The van der Waals surface area contributed by atoms with Crippen molar-refractivity contribution >= 4 is 0 Å². The van der Waals surface area contributed by atoms with Crippen molar-refractivity contribution in [3.63, 3.8) is 0 Å². The van der Waals surface area contributed by atoms with E-state index in [4.69, 9.17) is 4.98 Å². The van der Waals surface area contributed by atoms with E-state index in [1.54, 1.807) is 0 Å². The minimum Gasteiger partial charge on any atom is -0.257 e. The van der Waals surface area contributed by atoms with Crippen LogP contribution in [0.1, 0.15) is 76.6 Å². The first-order chi connectivity index (χ1) is 8.13. The van der Waals surface area contributed by atoms with Gasteiger partial charge >= 0.3 is 0 Å². The van der Waals surface area contributed by atoms with Gasteiger partial charge in [-0.15, -0.1) is 0 Å². The largest absolute Gasteiger partial charge is 0.257 e. The van der Waals surface area contributed by atoms with Gasteiger partial charge in [-0.25, -0.2) is 0 Å². The van der Waals surface area contributed by atoms with Crippen LogP contribution >= 0.6 is 0 Å². The number of hydrogen-bond acceptors (Lipinski definition) is 1. The highest BCUT2D eigenvalue weighted by molar-refractivity contribution is 5.20. The Morgan fingerprint density at radius 3 is 2.53 bits per heavy atom. The molecule has 1 heteroatoms. The average molecular weight is 231 g/mol. The predicted octanol–water partition coefficient (Wildman–Crippen LogP) is 4.82. The van der Waals surface area contributed by atoms with Gasteiger partial charge in [-0.1, -0.05) is 46.1 Å². The van der Waals surface area contributed by atoms with Crippen LogP contribution < -0.4 is 0 Å². The van der Waals surface area contributed by atoms with E-state index >= 15 is 0 Å². The van der Waals surface area contributed by atoms with Crippen LogP contribution in [-0.4, -0.2) is 4.98 Å². The van der Waals surface area contributed by atoms with Gasteiger partial charge in [0, 0.05) is 22.7 Å². The molecule has 1 saturated carbocycles. The van der Waals surface area contributed by atoms with Gasteiger partial charge in [-0.3, -0.25) is 4.98 Å². The fourth-order valence-electron chi connectivity index (χ4n) is 2.64. The summed E-state index contributed by atoms with van der Waals surface area (Å²) in [6, 6.07) is 6.62. The van der Waals surface area contributed by atoms with Crippen molar-refractivity contribution in [2.75, 3.05) is 0 Å². The molecule has 17 heavy (non-hydrogen) atoms. The van der Waals surface area contributed by atoms with Gasteiger partial charge in [-0.2, -0.15) is 0 Å². The molecule has 0 aliphatic heterocycles. The van der Waals surface area contributed by atoms with Crippen molar-refractivity contribution in [2.24, 2.45) is 0 Å². The van der Waals surface area contributed by atoms with Gasteiger partial charge in [-0.05, 0) is 31.4 Å². The van der Waals surface area contributed by atoms with E-state index in [-0.39, 0.29) is 5.41 Å². The molecule has 0 bridgehead atoms. The quantitative estimate of drug-likeness (QED) is 0.727. The van der Waals surface area contributed by atoms with Crippen LogP contribution in [0.4, 0.5) is 0 Å². The van der Waals surface area contributed by atoms with Crippen molar-refractivity contribution in [1.29, 1.82) is 0 Å². The molecule has 1 aliphatic carbocycles. The summed E-state index contributed by atoms with van der Waals surface area (Å²) >= 11 is 0. The van der Waals surface area contributed by atoms with Crippen LogP contribution in [0.3, 0.4) is 0 Å². The minimum atomic E-state index is 0.213. The molecular formula is C16H25N. The first-order valence-corrected chi connectivity index (χ1v) is 7.11. The zero-order chi connectivity index (χ0) is 12.3. The molecule has 0 N–H and O–H groups in total. The van der Waals surface area contributed by atoms with Crippen molar-refractivity contribution in [3.05, 3.63) is 29.6 Å². The van der Waals surface area contributed by atoms with Crippen LogP contribution in [0.2, 0.25) is 0 Å². The zero-order valence-corrected chi connectivity index (χ0v) is 11.5. The van der Waals surface area contributed by atoms with Crippen LogP contribution in [0.15, 0.2) is 18.2 Å². The highest BCUT2D eigenvalue weighted by Crippen LogP contribution is 2.33. The lowest BCUT2D eigenvalue weighted by atomic mass is 9.84. The van der Waals surface area contributed by atoms with Crippen molar-refractivity contribution in [3.8, 4) is 0 Å². The number of hydrogen-bond donors (Lipinski definition) is 0. The molecule has 1 aromatic rings. The fourth-order valence-corrected chi connectivity index (χ4v) is 2.64. The number of nitrogens with zero attached hydrogens (tertiary/aromatic N) is 1. The molecular weight excluding hydrogens is 206 g/mol. The predicted molar refractivity (Wildman–Crippen MR) is 73.4 cm³/mol. The van der Waals surface area contributed by atoms with Gasteiger partial charge in [0.05, 0.1) is 0 Å². The SMILES string of the molecule is CCC(C)(C)c1cccc(C2CCCCC2)n1. The van der Waals surface area contributed by atoms with Crippen LogP contribution in [0, 0.1) is 0 Å². The smallest absolute Gasteiger partial charge is 0.0463 e. The van der Waals surface area contributed by atoms with Gasteiger partial charge in [0.15, 0.2) is 0 Å². The Labute approximate surface area is 106 Å². The van der Waals surface area contributed by atoms with Crippen molar-refractivity contribution in [2.45, 2.75) is 70.6 Å². The maximum Gasteiger partial charge on any atom is 0.0463 e. The average Bonchev–Trinajstić information content (AvgIpc) is 2.40. The molecule has 0 atom stereocenters. The molecule has 1 heterocycles. The molecule has 1 fully saturated rings. The second-order valence-electron chi connectivity index (χ2n) is 6.02. The van der Waals surface area contributed by atoms with Crippen LogP contribution in [0.5, 0.6) is 0 Å². The second-order valence-corrected chi connectivity index (χ2v) is 6.02. The summed E-state index contributed by atoms with van der Waals surface area (Å²) in [5.41, 5.74) is 2.82. The third-order valence-corrected chi connectivity index (χ3v) is 4.37. The molecule has 1 aliphatic rings. The summed E-state index contributed by atoms with van der Waals surface area (Å²) in [6.45, 7) is 6.83. The van der Waals surface area contributed by atoms with Crippen molar-refractivity contribution in [1.82, 2.24) is 4.98 Å². The highest BCUT2D eigenvalue weighted by Gasteiger charge is 2.22. The number of pyridine rings is 1. The first-order valence-electron chi connectivity index (χ1n) is 7.11. The number of rotatable bonds is 3. The second kappa shape index (κ2) is 5.20. The van der Waals surface area contributed by atoms with E-state index in [9.17, 15) is 0 Å². The standard InChI is InChI=1S/C16H25N/c1-4-16(2,3)15-12-8-11-14(17-15)13-9-6-5-7-10-13/h8,11-13H,4-7,9-10H2,1-3H3. The Kier molecular flexibility index (Phi) is 3.86. The van der Waals surface area contributed by atoms with E-state index in [1.165, 1.54) is 43.5 Å². The maximum absolute atomic E-state index is 4.94. The lowest BCUT2D eigenvalue weighted by Crippen LogP contribution is -2.19. The molecule has 0 aromatic carbocycles. The normalized spacial score (nSPS) is 18.3. The molecule has 0 radical (unpaired) electrons. The van der Waals surface area contributed by atoms with E-state index in [0.717, 1.165) is 12.3 Å². The molecule has 0 amide bonds. The molecule has 0 saturated heterocycles. The Morgan fingerprint density at radius 1 is 1.18 bits per heavy atom. The fraction of sp³-hybridized carbons (Fsp3) is 0.688. The minimum absolute atomic E-state index is 0.213. The molecule has 0 spiro atoms. The molecule has 1 nitrogen and oxygen atoms in total. The van der Waals surface area contributed by atoms with Gasteiger partial charge in [0.2, 0.25) is 0 Å². The van der Waals surface area contributed by atoms with Gasteiger partial charge < -0.3 is 0 Å². The monoisotopic (exact) mass is 231 g/mol. The third kappa shape index (κ3) is 2.88. The van der Waals surface area contributed by atoms with E-state index < -0.39 is 0 Å². The topological polar surface area (TPSA) is 12.9 Å². The summed E-state index contributed by atoms with van der Waals surface area (Å²) in [4.78, 5) is 4.94. The van der Waals surface area contributed by atoms with E-state index in [1.807, 2.05) is 0 Å². The first kappa shape index (κ1) is 12.6. The van der Waals surface area contributed by atoms with Crippen LogP contribution in [0.25, 0.3) is 0 Å². The molecule has 0 unspecified atom stereocenters. The summed E-state index contributed by atoms with van der Waals surface area (Å²) in [7, 11) is 0. The molecule has 2 rings (SSSR count). The lowest BCUT2D eigenvalue weighted by molar-refractivity contribution is 0.429. The van der Waals surface area contributed by atoms with Crippen molar-refractivity contribution < 1.29 is 0 Å². The van der Waals surface area contributed by atoms with E-state index in [2.05, 4.69) is 39.0 Å². The Bertz CT molecular complexity index is 362. The Hall–Kier alpha value is -0.850. The third-order valence-electron chi connectivity index (χ3n) is 4.37. The number of aromatic nitrogens is 1. The molecule has 1 aromatic heterocycles. The summed E-state index contributed by atoms with van der Waals surface area (Å²) in [6.07, 6.45) is 8.00. The Balaban J connectivity index is 2.21. The zero-order valence-electron chi connectivity index (χ0n) is 11.5. The highest BCUT2D eigenvalue weighted by atomic mass is 14.7. The van der Waals surface area contributed by atoms with Crippen LogP contribution in [-0.2, 0) is 5.41 Å². The van der Waals surface area contributed by atoms with E-state index in [0.29, 0.717) is 0 Å². The summed E-state index contributed by atoms with van der Waals surface area (Å²) in [5, 5.41) is 0. The summed E-state index contributed by atoms with van der Waals surface area (Å²) in [5.74, 6) is 0.719. The molecule has 94 valence electrons. The van der Waals surface area contributed by atoms with Gasteiger partial charge in [0.1, 0.15) is 0 Å².